The Morgan fingerprint density at radius 2 is 2.11 bits per heavy atom. The SMILES string of the molecule is CNCc1cc(Br)cnc1N(C)c1ccccc1F. The van der Waals surface area contributed by atoms with Crippen LogP contribution in [-0.4, -0.2) is 19.1 Å². The van der Waals surface area contributed by atoms with Crippen LogP contribution in [-0.2, 0) is 6.54 Å². The molecule has 0 amide bonds. The number of nitrogens with one attached hydrogen (secondary N) is 1. The molecule has 1 aromatic heterocycles. The summed E-state index contributed by atoms with van der Waals surface area (Å²) in [7, 11) is 3.68. The summed E-state index contributed by atoms with van der Waals surface area (Å²) < 4.78 is 14.7. The lowest BCUT2D eigenvalue weighted by Gasteiger charge is -2.22. The zero-order chi connectivity index (χ0) is 13.8. The molecule has 2 aromatic rings. The van der Waals surface area contributed by atoms with Crippen LogP contribution in [0.4, 0.5) is 15.9 Å². The fourth-order valence-corrected chi connectivity index (χ4v) is 2.31. The summed E-state index contributed by atoms with van der Waals surface area (Å²) in [6, 6.07) is 8.66. The molecular formula is C14H15BrFN3. The Morgan fingerprint density at radius 1 is 1.37 bits per heavy atom. The van der Waals surface area contributed by atoms with Gasteiger partial charge in [0, 0.05) is 29.8 Å². The van der Waals surface area contributed by atoms with Crippen molar-refractivity contribution in [3.05, 3.63) is 52.4 Å². The van der Waals surface area contributed by atoms with Gasteiger partial charge in [-0.3, -0.25) is 0 Å². The Bertz CT molecular complexity index is 574. The predicted octanol–water partition coefficient (Wildman–Crippen LogP) is 3.47. The maximum Gasteiger partial charge on any atom is 0.146 e. The van der Waals surface area contributed by atoms with Crippen molar-refractivity contribution in [3.63, 3.8) is 0 Å². The molecule has 0 aliphatic carbocycles. The number of pyridine rings is 1. The molecule has 1 aromatic carbocycles. The summed E-state index contributed by atoms with van der Waals surface area (Å²) >= 11 is 3.40. The van der Waals surface area contributed by atoms with Crippen molar-refractivity contribution < 1.29 is 4.39 Å². The second-order valence-electron chi connectivity index (χ2n) is 4.18. The first kappa shape index (κ1) is 14.0. The minimum absolute atomic E-state index is 0.259. The molecular weight excluding hydrogens is 309 g/mol. The fourth-order valence-electron chi connectivity index (χ4n) is 1.93. The number of benzene rings is 1. The van der Waals surface area contributed by atoms with E-state index in [9.17, 15) is 4.39 Å². The van der Waals surface area contributed by atoms with E-state index in [1.54, 1.807) is 23.2 Å². The van der Waals surface area contributed by atoms with Crippen LogP contribution in [0.25, 0.3) is 0 Å². The summed E-state index contributed by atoms with van der Waals surface area (Å²) in [5.41, 5.74) is 1.51. The average Bonchev–Trinajstić information content (AvgIpc) is 2.39. The van der Waals surface area contributed by atoms with Gasteiger partial charge in [-0.15, -0.1) is 0 Å². The summed E-state index contributed by atoms with van der Waals surface area (Å²) in [6.07, 6.45) is 1.71. The third kappa shape index (κ3) is 3.11. The number of nitrogens with zero attached hydrogens (tertiary/aromatic N) is 2. The van der Waals surface area contributed by atoms with Gasteiger partial charge >= 0.3 is 0 Å². The highest BCUT2D eigenvalue weighted by molar-refractivity contribution is 9.10. The van der Waals surface area contributed by atoms with E-state index in [0.717, 1.165) is 15.9 Å². The molecule has 5 heteroatoms. The molecule has 0 bridgehead atoms. The summed E-state index contributed by atoms with van der Waals surface area (Å²) in [5.74, 6) is 0.479. The van der Waals surface area contributed by atoms with Gasteiger partial charge in [-0.25, -0.2) is 9.37 Å². The second kappa shape index (κ2) is 6.12. The highest BCUT2D eigenvalue weighted by Crippen LogP contribution is 2.28. The van der Waals surface area contributed by atoms with E-state index in [-0.39, 0.29) is 5.82 Å². The van der Waals surface area contributed by atoms with E-state index in [0.29, 0.717) is 12.2 Å². The molecule has 0 saturated heterocycles. The van der Waals surface area contributed by atoms with Crippen LogP contribution in [0.2, 0.25) is 0 Å². The number of halogens is 2. The number of aromatic nitrogens is 1. The first-order valence-corrected chi connectivity index (χ1v) is 6.70. The Morgan fingerprint density at radius 3 is 2.79 bits per heavy atom. The fraction of sp³-hybridized carbons (Fsp3) is 0.214. The second-order valence-corrected chi connectivity index (χ2v) is 5.09. The van der Waals surface area contributed by atoms with Crippen LogP contribution >= 0.6 is 15.9 Å². The van der Waals surface area contributed by atoms with Gasteiger partial charge in [0.2, 0.25) is 0 Å². The number of hydrogen-bond acceptors (Lipinski definition) is 3. The van der Waals surface area contributed by atoms with Gasteiger partial charge in [0.25, 0.3) is 0 Å². The lowest BCUT2D eigenvalue weighted by molar-refractivity contribution is 0.627. The molecule has 0 atom stereocenters. The quantitative estimate of drug-likeness (QED) is 0.933. The van der Waals surface area contributed by atoms with Gasteiger partial charge in [-0.1, -0.05) is 12.1 Å². The van der Waals surface area contributed by atoms with Crippen molar-refractivity contribution in [1.82, 2.24) is 10.3 Å². The molecule has 0 unspecified atom stereocenters. The molecule has 3 nitrogen and oxygen atoms in total. The van der Waals surface area contributed by atoms with Crippen molar-refractivity contribution in [2.75, 3.05) is 19.0 Å². The van der Waals surface area contributed by atoms with Crippen molar-refractivity contribution in [3.8, 4) is 0 Å². The molecule has 0 spiro atoms. The zero-order valence-corrected chi connectivity index (χ0v) is 12.4. The van der Waals surface area contributed by atoms with E-state index in [2.05, 4.69) is 26.2 Å². The van der Waals surface area contributed by atoms with Crippen LogP contribution in [0.5, 0.6) is 0 Å². The Hall–Kier alpha value is -1.46. The number of para-hydroxylation sites is 1. The first-order valence-electron chi connectivity index (χ1n) is 5.90. The van der Waals surface area contributed by atoms with Gasteiger partial charge in [0.05, 0.1) is 5.69 Å². The minimum atomic E-state index is -0.259. The van der Waals surface area contributed by atoms with Gasteiger partial charge in [0.15, 0.2) is 0 Å². The first-order chi connectivity index (χ1) is 9.13. The minimum Gasteiger partial charge on any atom is -0.327 e. The smallest absolute Gasteiger partial charge is 0.146 e. The summed E-state index contributed by atoms with van der Waals surface area (Å²) in [5, 5.41) is 3.09. The molecule has 0 aliphatic heterocycles. The molecule has 0 radical (unpaired) electrons. The normalized spacial score (nSPS) is 10.5. The maximum atomic E-state index is 13.8. The number of anilines is 2. The van der Waals surface area contributed by atoms with E-state index >= 15 is 0 Å². The Labute approximate surface area is 120 Å². The standard InChI is InChI=1S/C14H15BrFN3/c1-17-8-10-7-11(15)9-18-14(10)19(2)13-6-4-3-5-12(13)16/h3-7,9,17H,8H2,1-2H3. The van der Waals surface area contributed by atoms with Gasteiger partial charge in [0.1, 0.15) is 11.6 Å². The zero-order valence-electron chi connectivity index (χ0n) is 10.8. The third-order valence-electron chi connectivity index (χ3n) is 2.81. The highest BCUT2D eigenvalue weighted by atomic mass is 79.9. The topological polar surface area (TPSA) is 28.2 Å². The van der Waals surface area contributed by atoms with Crippen LogP contribution in [0.1, 0.15) is 5.56 Å². The van der Waals surface area contributed by atoms with Crippen LogP contribution in [0.3, 0.4) is 0 Å². The van der Waals surface area contributed by atoms with Crippen LogP contribution in [0, 0.1) is 5.82 Å². The number of rotatable bonds is 4. The molecule has 0 saturated carbocycles. The van der Waals surface area contributed by atoms with E-state index < -0.39 is 0 Å². The van der Waals surface area contributed by atoms with Gasteiger partial charge in [-0.2, -0.15) is 0 Å². The Balaban J connectivity index is 2.43. The molecule has 100 valence electrons. The van der Waals surface area contributed by atoms with Crippen molar-refractivity contribution in [1.29, 1.82) is 0 Å². The van der Waals surface area contributed by atoms with Crippen molar-refractivity contribution in [2.45, 2.75) is 6.54 Å². The van der Waals surface area contributed by atoms with E-state index in [4.69, 9.17) is 0 Å². The molecule has 1 N–H and O–H groups in total. The maximum absolute atomic E-state index is 13.8. The largest absolute Gasteiger partial charge is 0.327 e. The predicted molar refractivity (Wildman–Crippen MR) is 79.2 cm³/mol. The molecule has 0 fully saturated rings. The number of hydrogen-bond donors (Lipinski definition) is 1. The van der Waals surface area contributed by atoms with Crippen molar-refractivity contribution in [2.24, 2.45) is 0 Å². The third-order valence-corrected chi connectivity index (χ3v) is 3.24. The van der Waals surface area contributed by atoms with Crippen LogP contribution in [0.15, 0.2) is 41.0 Å². The van der Waals surface area contributed by atoms with E-state index in [1.807, 2.05) is 26.2 Å². The average molecular weight is 324 g/mol. The van der Waals surface area contributed by atoms with Gasteiger partial charge in [-0.05, 0) is 41.2 Å². The van der Waals surface area contributed by atoms with Gasteiger partial charge < -0.3 is 10.2 Å². The van der Waals surface area contributed by atoms with Crippen molar-refractivity contribution >= 4 is 27.4 Å². The highest BCUT2D eigenvalue weighted by Gasteiger charge is 2.14. The molecule has 2 rings (SSSR count). The summed E-state index contributed by atoms with van der Waals surface area (Å²) in [6.45, 7) is 0.667. The molecule has 0 aliphatic rings. The lowest BCUT2D eigenvalue weighted by atomic mass is 10.2. The molecule has 1 heterocycles. The molecule has 19 heavy (non-hydrogen) atoms. The lowest BCUT2D eigenvalue weighted by Crippen LogP contribution is -2.17. The summed E-state index contributed by atoms with van der Waals surface area (Å²) in [4.78, 5) is 6.15. The Kier molecular flexibility index (Phi) is 4.50. The van der Waals surface area contributed by atoms with E-state index in [1.165, 1.54) is 6.07 Å². The monoisotopic (exact) mass is 323 g/mol. The van der Waals surface area contributed by atoms with Crippen LogP contribution < -0.4 is 10.2 Å².